The van der Waals surface area contributed by atoms with Crippen LogP contribution in [0, 0.1) is 11.3 Å². The lowest BCUT2D eigenvalue weighted by Gasteiger charge is -2.37. The first-order chi connectivity index (χ1) is 14.5. The molecule has 0 bridgehead atoms. The molecular weight excluding hydrogens is 380 g/mol. The first kappa shape index (κ1) is 20.5. The molecule has 0 unspecified atom stereocenters. The summed E-state index contributed by atoms with van der Waals surface area (Å²) >= 11 is 0. The van der Waals surface area contributed by atoms with Gasteiger partial charge in [0.25, 0.3) is 0 Å². The lowest BCUT2D eigenvalue weighted by molar-refractivity contribution is -0.150. The first-order valence-electron chi connectivity index (χ1n) is 10.8. The van der Waals surface area contributed by atoms with Crippen LogP contribution >= 0.6 is 0 Å². The molecule has 0 amide bonds. The van der Waals surface area contributed by atoms with E-state index in [4.69, 9.17) is 19.4 Å². The Hall–Kier alpha value is -2.72. The molecule has 2 heterocycles. The van der Waals surface area contributed by atoms with Crippen molar-refractivity contribution < 1.29 is 14.3 Å². The number of ether oxygens (including phenoxy) is 2. The zero-order valence-electron chi connectivity index (χ0n) is 17.6. The maximum Gasteiger partial charge on any atom is 0.329 e. The summed E-state index contributed by atoms with van der Waals surface area (Å²) in [6, 6.07) is 9.66. The van der Waals surface area contributed by atoms with Crippen LogP contribution in [0.5, 0.6) is 0 Å². The van der Waals surface area contributed by atoms with Gasteiger partial charge >= 0.3 is 5.97 Å². The van der Waals surface area contributed by atoms with Crippen LogP contribution < -0.4 is 4.90 Å². The number of fused-ring (bicyclic) bond motifs is 1. The molecule has 2 fully saturated rings. The van der Waals surface area contributed by atoms with Crippen molar-refractivity contribution in [2.24, 2.45) is 0 Å². The zero-order valence-corrected chi connectivity index (χ0v) is 17.6. The Morgan fingerprint density at radius 2 is 1.77 bits per heavy atom. The molecule has 1 aliphatic carbocycles. The third kappa shape index (κ3) is 4.39. The van der Waals surface area contributed by atoms with Gasteiger partial charge in [-0.15, -0.1) is 0 Å². The van der Waals surface area contributed by atoms with Crippen molar-refractivity contribution in [3.63, 3.8) is 0 Å². The molecule has 158 valence electrons. The quantitative estimate of drug-likeness (QED) is 0.712. The normalized spacial score (nSPS) is 23.7. The summed E-state index contributed by atoms with van der Waals surface area (Å²) in [6.45, 7) is 5.27. The van der Waals surface area contributed by atoms with Gasteiger partial charge in [0.15, 0.2) is 11.7 Å². The van der Waals surface area contributed by atoms with Gasteiger partial charge < -0.3 is 14.4 Å². The van der Waals surface area contributed by atoms with Crippen molar-refractivity contribution in [2.45, 2.75) is 70.2 Å². The van der Waals surface area contributed by atoms with E-state index in [9.17, 15) is 10.1 Å². The van der Waals surface area contributed by atoms with Gasteiger partial charge in [-0.2, -0.15) is 5.26 Å². The lowest BCUT2D eigenvalue weighted by Crippen LogP contribution is -2.46. The number of rotatable bonds is 4. The maximum absolute atomic E-state index is 13.0. The van der Waals surface area contributed by atoms with Gasteiger partial charge in [0, 0.05) is 13.1 Å². The smallest absolute Gasteiger partial charge is 0.329 e. The molecule has 1 aromatic heterocycles. The van der Waals surface area contributed by atoms with E-state index in [-0.39, 0.29) is 18.3 Å². The molecule has 1 aliphatic heterocycles. The number of anilines is 1. The number of hydrogen-bond donors (Lipinski definition) is 0. The Bertz CT molecular complexity index is 941. The summed E-state index contributed by atoms with van der Waals surface area (Å²) in [4.78, 5) is 24.6. The highest BCUT2D eigenvalue weighted by molar-refractivity contribution is 5.85. The van der Waals surface area contributed by atoms with Crippen molar-refractivity contribution in [3.05, 3.63) is 30.0 Å². The van der Waals surface area contributed by atoms with Crippen molar-refractivity contribution in [1.29, 1.82) is 5.26 Å². The number of esters is 1. The summed E-state index contributed by atoms with van der Waals surface area (Å²) in [5.41, 5.74) is 1.77. The highest BCUT2D eigenvalue weighted by Crippen LogP contribution is 2.31. The molecule has 7 nitrogen and oxygen atoms in total. The molecule has 0 spiro atoms. The standard InChI is InChI=1S/C23H28N4O3/c1-15-13-27(14-16(2)29-15)22-21(25-19-10-6-7-11-20(19)26-22)18(12-24)23(28)30-17-8-4-3-5-9-17/h6-7,10-11,15-18H,3-5,8-9,13-14H2,1-2H3/t15-,16+,18-/m0/s1. The minimum absolute atomic E-state index is 0.0181. The number of carbonyl (C=O) groups excluding carboxylic acids is 1. The van der Waals surface area contributed by atoms with Crippen LogP contribution in [0.25, 0.3) is 11.0 Å². The Morgan fingerprint density at radius 3 is 2.40 bits per heavy atom. The van der Waals surface area contributed by atoms with Gasteiger partial charge in [0.1, 0.15) is 11.8 Å². The molecule has 1 aromatic carbocycles. The van der Waals surface area contributed by atoms with Crippen LogP contribution in [0.1, 0.15) is 57.6 Å². The van der Waals surface area contributed by atoms with E-state index in [1.54, 1.807) is 0 Å². The summed E-state index contributed by atoms with van der Waals surface area (Å²) < 4.78 is 11.6. The second kappa shape index (κ2) is 8.97. The van der Waals surface area contributed by atoms with Crippen LogP contribution in [-0.4, -0.2) is 47.3 Å². The average Bonchev–Trinajstić information content (AvgIpc) is 2.74. The van der Waals surface area contributed by atoms with Gasteiger partial charge in [-0.1, -0.05) is 18.6 Å². The van der Waals surface area contributed by atoms with Crippen molar-refractivity contribution in [1.82, 2.24) is 9.97 Å². The summed E-state index contributed by atoms with van der Waals surface area (Å²) in [7, 11) is 0. The van der Waals surface area contributed by atoms with Gasteiger partial charge in [-0.05, 0) is 51.7 Å². The molecule has 7 heteroatoms. The SMILES string of the molecule is C[C@@H]1CN(c2nc3ccccc3nc2[C@H](C#N)C(=O)OC2CCCCC2)C[C@H](C)O1. The molecule has 30 heavy (non-hydrogen) atoms. The first-order valence-corrected chi connectivity index (χ1v) is 10.8. The van der Waals surface area contributed by atoms with Crippen molar-refractivity contribution >= 4 is 22.8 Å². The summed E-state index contributed by atoms with van der Waals surface area (Å²) in [5.74, 6) is -1.06. The number of nitrogens with zero attached hydrogens (tertiary/aromatic N) is 4. The molecular formula is C23H28N4O3. The van der Waals surface area contributed by atoms with Gasteiger partial charge in [0.2, 0.25) is 0 Å². The average molecular weight is 409 g/mol. The fourth-order valence-corrected chi connectivity index (χ4v) is 4.42. The number of hydrogen-bond acceptors (Lipinski definition) is 7. The predicted octanol–water partition coefficient (Wildman–Crippen LogP) is 3.73. The number of aromatic nitrogens is 2. The molecule has 2 aliphatic rings. The van der Waals surface area contributed by atoms with E-state index in [1.165, 1.54) is 6.42 Å². The van der Waals surface area contributed by atoms with Crippen LogP contribution in [0.4, 0.5) is 5.82 Å². The van der Waals surface area contributed by atoms with Gasteiger partial charge in [-0.3, -0.25) is 4.79 Å². The van der Waals surface area contributed by atoms with Gasteiger partial charge in [-0.25, -0.2) is 9.97 Å². The third-order valence-corrected chi connectivity index (χ3v) is 5.77. The van der Waals surface area contributed by atoms with Crippen LogP contribution in [0.15, 0.2) is 24.3 Å². The van der Waals surface area contributed by atoms with Gasteiger partial charge in [0.05, 0.1) is 29.3 Å². The summed E-state index contributed by atoms with van der Waals surface area (Å²) in [5, 5.41) is 9.92. The highest BCUT2D eigenvalue weighted by Gasteiger charge is 2.34. The van der Waals surface area contributed by atoms with Crippen molar-refractivity contribution in [3.8, 4) is 6.07 Å². The molecule has 2 aromatic rings. The molecule has 1 saturated carbocycles. The van der Waals surface area contributed by atoms with Crippen LogP contribution in [-0.2, 0) is 14.3 Å². The number of para-hydroxylation sites is 2. The Morgan fingerprint density at radius 1 is 1.13 bits per heavy atom. The molecule has 0 radical (unpaired) electrons. The topological polar surface area (TPSA) is 88.3 Å². The zero-order chi connectivity index (χ0) is 21.1. The van der Waals surface area contributed by atoms with E-state index in [0.29, 0.717) is 30.1 Å². The molecule has 1 saturated heterocycles. The molecule has 4 rings (SSSR count). The van der Waals surface area contributed by atoms with E-state index < -0.39 is 11.9 Å². The molecule has 3 atom stereocenters. The second-order valence-corrected chi connectivity index (χ2v) is 8.34. The third-order valence-electron chi connectivity index (χ3n) is 5.77. The maximum atomic E-state index is 13.0. The minimum Gasteiger partial charge on any atom is -0.461 e. The molecule has 0 N–H and O–H groups in total. The largest absolute Gasteiger partial charge is 0.461 e. The van der Waals surface area contributed by atoms with E-state index in [1.807, 2.05) is 38.1 Å². The second-order valence-electron chi connectivity index (χ2n) is 8.34. The Labute approximate surface area is 177 Å². The lowest BCUT2D eigenvalue weighted by atomic mass is 9.97. The Balaban J connectivity index is 1.71. The van der Waals surface area contributed by atoms with Crippen LogP contribution in [0.2, 0.25) is 0 Å². The van der Waals surface area contributed by atoms with E-state index in [2.05, 4.69) is 11.0 Å². The van der Waals surface area contributed by atoms with E-state index in [0.717, 1.165) is 31.2 Å². The number of carbonyl (C=O) groups is 1. The number of morpholine rings is 1. The summed E-state index contributed by atoms with van der Waals surface area (Å²) in [6.07, 6.45) is 4.93. The van der Waals surface area contributed by atoms with E-state index >= 15 is 0 Å². The highest BCUT2D eigenvalue weighted by atomic mass is 16.5. The van der Waals surface area contributed by atoms with Crippen molar-refractivity contribution in [2.75, 3.05) is 18.0 Å². The minimum atomic E-state index is -1.10. The fraction of sp³-hybridized carbons (Fsp3) is 0.565. The van der Waals surface area contributed by atoms with Crippen LogP contribution in [0.3, 0.4) is 0 Å². The fourth-order valence-electron chi connectivity index (χ4n) is 4.42. The monoisotopic (exact) mass is 408 g/mol. The predicted molar refractivity (Wildman–Crippen MR) is 113 cm³/mol. The number of nitriles is 1. The number of benzene rings is 1. The Kier molecular flexibility index (Phi) is 6.14.